The second kappa shape index (κ2) is 7.73. The van der Waals surface area contributed by atoms with Crippen LogP contribution in [0, 0.1) is 11.8 Å². The van der Waals surface area contributed by atoms with Crippen LogP contribution < -0.4 is 4.90 Å². The van der Waals surface area contributed by atoms with E-state index in [1.165, 1.54) is 24.3 Å². The topological polar surface area (TPSA) is 80.8 Å². The number of halogens is 3. The van der Waals surface area contributed by atoms with Crippen molar-refractivity contribution >= 4 is 63.9 Å². The van der Waals surface area contributed by atoms with Crippen molar-refractivity contribution in [2.75, 3.05) is 4.90 Å². The number of ketones is 2. The van der Waals surface area contributed by atoms with Crippen LogP contribution in [0.1, 0.15) is 32.4 Å². The number of carbonyl (C=O) groups excluding carboxylic acids is 4. The van der Waals surface area contributed by atoms with Crippen molar-refractivity contribution in [2.45, 2.75) is 11.7 Å². The summed E-state index contributed by atoms with van der Waals surface area (Å²) in [6, 6.07) is 17.4. The molecule has 9 heteroatoms. The van der Waals surface area contributed by atoms with Gasteiger partial charge >= 0.3 is 0 Å². The van der Waals surface area contributed by atoms with Crippen LogP contribution in [-0.4, -0.2) is 29.0 Å². The van der Waals surface area contributed by atoms with Gasteiger partial charge in [-0.3, -0.25) is 19.2 Å². The maximum atomic E-state index is 13.9. The quantitative estimate of drug-likeness (QED) is 0.333. The summed E-state index contributed by atoms with van der Waals surface area (Å²) >= 11 is 18.5. The molecule has 0 aromatic heterocycles. The zero-order chi connectivity index (χ0) is 24.6. The van der Waals surface area contributed by atoms with E-state index < -0.39 is 46.9 Å². The number of hydrogen-bond acceptors (Lipinski definition) is 5. The van der Waals surface area contributed by atoms with Crippen molar-refractivity contribution in [3.8, 4) is 0 Å². The summed E-state index contributed by atoms with van der Waals surface area (Å²) < 4.78 is 6.22. The lowest BCUT2D eigenvalue weighted by molar-refractivity contribution is -0.127. The number of nitrogens with zero attached hydrogens (tertiary/aromatic N) is 1. The molecule has 6 rings (SSSR count). The van der Waals surface area contributed by atoms with Crippen LogP contribution in [-0.2, 0) is 14.3 Å². The van der Waals surface area contributed by atoms with Crippen LogP contribution in [0.5, 0.6) is 0 Å². The molecule has 3 atom stereocenters. The Morgan fingerprint density at radius 1 is 0.743 bits per heavy atom. The number of amides is 2. The molecule has 6 nitrogen and oxygen atoms in total. The predicted molar refractivity (Wildman–Crippen MR) is 129 cm³/mol. The highest BCUT2D eigenvalue weighted by Crippen LogP contribution is 2.58. The van der Waals surface area contributed by atoms with E-state index in [0.29, 0.717) is 10.6 Å². The molecule has 2 aliphatic heterocycles. The molecule has 2 fully saturated rings. The summed E-state index contributed by atoms with van der Waals surface area (Å²) in [7, 11) is 0. The Morgan fingerprint density at radius 3 is 2.00 bits per heavy atom. The summed E-state index contributed by atoms with van der Waals surface area (Å²) in [6.45, 7) is 0. The first-order valence-electron chi connectivity index (χ1n) is 10.7. The van der Waals surface area contributed by atoms with Gasteiger partial charge in [-0.2, -0.15) is 0 Å². The fraction of sp³-hybridized carbons (Fsp3) is 0.154. The van der Waals surface area contributed by atoms with Crippen LogP contribution in [0.4, 0.5) is 5.69 Å². The van der Waals surface area contributed by atoms with E-state index in [1.807, 2.05) is 0 Å². The minimum Gasteiger partial charge on any atom is -0.349 e. The monoisotopic (exact) mass is 525 g/mol. The fourth-order valence-electron chi connectivity index (χ4n) is 5.37. The van der Waals surface area contributed by atoms with E-state index >= 15 is 0 Å². The first-order chi connectivity index (χ1) is 16.8. The van der Waals surface area contributed by atoms with Crippen LogP contribution in [0.2, 0.25) is 15.1 Å². The molecule has 1 aliphatic carbocycles. The zero-order valence-electron chi connectivity index (χ0n) is 17.7. The molecule has 3 aromatic carbocycles. The minimum atomic E-state index is -2.16. The maximum absolute atomic E-state index is 13.9. The van der Waals surface area contributed by atoms with Gasteiger partial charge in [0.2, 0.25) is 29.0 Å². The molecule has 0 saturated carbocycles. The van der Waals surface area contributed by atoms with Crippen molar-refractivity contribution in [2.24, 2.45) is 11.8 Å². The molecule has 2 amide bonds. The van der Waals surface area contributed by atoms with E-state index in [9.17, 15) is 19.2 Å². The molecule has 0 bridgehead atoms. The molecule has 0 radical (unpaired) electrons. The molecule has 3 aromatic rings. The van der Waals surface area contributed by atoms with Gasteiger partial charge in [0.1, 0.15) is 0 Å². The number of fused-ring (bicyclic) bond motifs is 3. The molecule has 0 N–H and O–H groups in total. The Balaban J connectivity index is 1.56. The second-order valence-corrected chi connectivity index (χ2v) is 9.84. The van der Waals surface area contributed by atoms with Gasteiger partial charge in [0.25, 0.3) is 0 Å². The zero-order valence-corrected chi connectivity index (χ0v) is 20.0. The van der Waals surface area contributed by atoms with Crippen molar-refractivity contribution in [3.63, 3.8) is 0 Å². The van der Waals surface area contributed by atoms with E-state index in [2.05, 4.69) is 0 Å². The summed E-state index contributed by atoms with van der Waals surface area (Å²) in [5.41, 5.74) is -1.24. The number of imide groups is 1. The van der Waals surface area contributed by atoms with Crippen molar-refractivity contribution in [3.05, 3.63) is 98.5 Å². The number of hydrogen-bond donors (Lipinski definition) is 0. The van der Waals surface area contributed by atoms with E-state index in [4.69, 9.17) is 39.5 Å². The number of Topliss-reactive ketones (excluding diaryl/α,β-unsaturated/α-hetero) is 2. The molecule has 2 saturated heterocycles. The normalized spacial score (nSPS) is 24.4. The number of ether oxygens (including phenoxy) is 1. The third-order valence-corrected chi connectivity index (χ3v) is 7.95. The number of anilines is 1. The summed E-state index contributed by atoms with van der Waals surface area (Å²) in [4.78, 5) is 56.1. The first-order valence-corrected chi connectivity index (χ1v) is 11.8. The summed E-state index contributed by atoms with van der Waals surface area (Å²) in [6.07, 6.45) is -1.04. The molecule has 3 unspecified atom stereocenters. The van der Waals surface area contributed by atoms with E-state index in [-0.39, 0.29) is 26.9 Å². The van der Waals surface area contributed by atoms with E-state index in [0.717, 1.165) is 4.90 Å². The highest BCUT2D eigenvalue weighted by atomic mass is 35.5. The number of benzene rings is 3. The fourth-order valence-corrected chi connectivity index (χ4v) is 5.88. The van der Waals surface area contributed by atoms with Gasteiger partial charge in [0, 0.05) is 16.1 Å². The molecule has 3 aliphatic rings. The molecule has 2 heterocycles. The lowest BCUT2D eigenvalue weighted by Crippen LogP contribution is -2.51. The number of carbonyl (C=O) groups is 4. The van der Waals surface area contributed by atoms with Crippen molar-refractivity contribution in [1.82, 2.24) is 0 Å². The minimum absolute atomic E-state index is 0.0150. The SMILES string of the molecule is O=C1C2C(c3ccc(Cl)cc3)OC3(C(=O)c4ccccc4C3=O)C2C(=O)N1c1cccc(Cl)c1Cl. The Bertz CT molecular complexity index is 1430. The van der Waals surface area contributed by atoms with Gasteiger partial charge in [0.15, 0.2) is 0 Å². The van der Waals surface area contributed by atoms with Gasteiger partial charge in [-0.1, -0.05) is 77.3 Å². The summed E-state index contributed by atoms with van der Waals surface area (Å²) in [5, 5.41) is 0.628. The molecular formula is C26H14Cl3NO5. The Kier molecular flexibility index (Phi) is 4.96. The Hall–Kier alpha value is -3.03. The van der Waals surface area contributed by atoms with Crippen LogP contribution in [0.3, 0.4) is 0 Å². The highest BCUT2D eigenvalue weighted by molar-refractivity contribution is 6.45. The smallest absolute Gasteiger partial charge is 0.241 e. The largest absolute Gasteiger partial charge is 0.349 e. The Morgan fingerprint density at radius 2 is 1.37 bits per heavy atom. The molecular weight excluding hydrogens is 513 g/mol. The van der Waals surface area contributed by atoms with Gasteiger partial charge in [-0.05, 0) is 29.8 Å². The average molecular weight is 527 g/mol. The van der Waals surface area contributed by atoms with Gasteiger partial charge in [-0.25, -0.2) is 4.90 Å². The van der Waals surface area contributed by atoms with Crippen LogP contribution in [0.25, 0.3) is 0 Å². The standard InChI is InChI=1S/C26H14Cl3NO5/c27-13-10-8-12(9-11-13)21-18-19(25(34)30(24(18)33)17-7-3-6-16(28)20(17)29)26(35-21)22(31)14-4-1-2-5-15(14)23(26)32/h1-11,18-19,21H. The summed E-state index contributed by atoms with van der Waals surface area (Å²) in [5.74, 6) is -5.15. The molecule has 174 valence electrons. The van der Waals surface area contributed by atoms with E-state index in [1.54, 1.807) is 42.5 Å². The van der Waals surface area contributed by atoms with Gasteiger partial charge in [0.05, 0.1) is 33.7 Å². The molecule has 1 spiro atoms. The highest BCUT2D eigenvalue weighted by Gasteiger charge is 2.74. The number of rotatable bonds is 2. The third kappa shape index (κ3) is 2.88. The first kappa shape index (κ1) is 22.4. The van der Waals surface area contributed by atoms with Gasteiger partial charge < -0.3 is 4.74 Å². The van der Waals surface area contributed by atoms with Crippen LogP contribution in [0.15, 0.2) is 66.7 Å². The van der Waals surface area contributed by atoms with Crippen molar-refractivity contribution < 1.29 is 23.9 Å². The predicted octanol–water partition coefficient (Wildman–Crippen LogP) is 5.34. The maximum Gasteiger partial charge on any atom is 0.241 e. The third-order valence-electron chi connectivity index (χ3n) is 6.89. The second-order valence-electron chi connectivity index (χ2n) is 8.62. The lowest BCUT2D eigenvalue weighted by atomic mass is 9.77. The molecule has 35 heavy (non-hydrogen) atoms. The van der Waals surface area contributed by atoms with Crippen molar-refractivity contribution in [1.29, 1.82) is 0 Å². The Labute approximate surface area is 214 Å². The average Bonchev–Trinajstić information content (AvgIpc) is 3.42. The van der Waals surface area contributed by atoms with Gasteiger partial charge in [-0.15, -0.1) is 0 Å². The van der Waals surface area contributed by atoms with Crippen LogP contribution >= 0.6 is 34.8 Å². The lowest BCUT2D eigenvalue weighted by Gasteiger charge is -2.27.